The van der Waals surface area contributed by atoms with Gasteiger partial charge in [0.1, 0.15) is 11.6 Å². The van der Waals surface area contributed by atoms with E-state index in [0.29, 0.717) is 53.7 Å². The fourth-order valence-corrected chi connectivity index (χ4v) is 9.39. The maximum absolute atomic E-state index is 13.6. The topological polar surface area (TPSA) is 131 Å². The Hall–Kier alpha value is -3.32. The first-order valence-electron chi connectivity index (χ1n) is 16.0. The lowest BCUT2D eigenvalue weighted by Crippen LogP contribution is -2.41. The van der Waals surface area contributed by atoms with Crippen LogP contribution < -0.4 is 19.7 Å². The molecule has 5 heterocycles. The highest BCUT2D eigenvalue weighted by Gasteiger charge is 2.49. The number of thioether (sulfide) groups is 1. The van der Waals surface area contributed by atoms with Gasteiger partial charge in [0.05, 0.1) is 18.0 Å². The number of hydrogen-bond donors (Lipinski definition) is 2. The molecule has 0 aromatic carbocycles. The molecule has 2 unspecified atom stereocenters. The van der Waals surface area contributed by atoms with Gasteiger partial charge in [0.2, 0.25) is 5.88 Å². The van der Waals surface area contributed by atoms with Crippen LogP contribution in [0.3, 0.4) is 0 Å². The van der Waals surface area contributed by atoms with E-state index in [-0.39, 0.29) is 16.1 Å². The maximum Gasteiger partial charge on any atom is 0.281 e. The summed E-state index contributed by atoms with van der Waals surface area (Å²) in [6.07, 6.45) is 11.9. The fraction of sp³-hybridized carbons (Fsp3) is 0.562. The van der Waals surface area contributed by atoms with Gasteiger partial charge in [0, 0.05) is 24.3 Å². The predicted octanol–water partition coefficient (Wildman–Crippen LogP) is 5.24. The van der Waals surface area contributed by atoms with E-state index in [1.807, 2.05) is 12.3 Å². The third-order valence-electron chi connectivity index (χ3n) is 10.0. The molecule has 2 aliphatic carbocycles. The Morgan fingerprint density at radius 1 is 1.09 bits per heavy atom. The van der Waals surface area contributed by atoms with Crippen LogP contribution in [0.5, 0.6) is 5.88 Å². The lowest BCUT2D eigenvalue weighted by molar-refractivity contribution is 0.0981. The van der Waals surface area contributed by atoms with Gasteiger partial charge >= 0.3 is 0 Å². The van der Waals surface area contributed by atoms with Crippen molar-refractivity contribution in [2.45, 2.75) is 75.8 Å². The van der Waals surface area contributed by atoms with Crippen molar-refractivity contribution in [2.75, 3.05) is 35.0 Å². The summed E-state index contributed by atoms with van der Waals surface area (Å²) >= 11 is 1.74. The highest BCUT2D eigenvalue weighted by atomic mass is 32.2. The maximum atomic E-state index is 13.6. The molecule has 13 heteroatoms. The van der Waals surface area contributed by atoms with E-state index in [1.165, 1.54) is 44.6 Å². The number of pyridine rings is 2. The van der Waals surface area contributed by atoms with Gasteiger partial charge in [-0.25, -0.2) is 19.4 Å². The van der Waals surface area contributed by atoms with E-state index >= 15 is 0 Å². The number of hydrogen-bond acceptors (Lipinski definition) is 10. The van der Waals surface area contributed by atoms with E-state index in [9.17, 15) is 13.2 Å². The van der Waals surface area contributed by atoms with Crippen molar-refractivity contribution in [3.05, 3.63) is 48.2 Å². The summed E-state index contributed by atoms with van der Waals surface area (Å²) in [6, 6.07) is 9.85. The van der Waals surface area contributed by atoms with Crippen LogP contribution in [0.1, 0.15) is 75.6 Å². The molecule has 1 saturated heterocycles. The average Bonchev–Trinajstić information content (AvgIpc) is 3.48. The van der Waals surface area contributed by atoms with Gasteiger partial charge in [-0.15, -0.1) is 16.9 Å². The van der Waals surface area contributed by atoms with Crippen LogP contribution in [0, 0.1) is 17.3 Å². The molecule has 11 nitrogen and oxygen atoms in total. The van der Waals surface area contributed by atoms with Crippen LogP contribution in [0.4, 0.5) is 11.6 Å². The van der Waals surface area contributed by atoms with Gasteiger partial charge < -0.3 is 15.0 Å². The molecule has 240 valence electrons. The predicted molar refractivity (Wildman–Crippen MR) is 174 cm³/mol. The second-order valence-electron chi connectivity index (χ2n) is 13.6. The molecule has 7 rings (SSSR count). The van der Waals surface area contributed by atoms with Crippen molar-refractivity contribution in [2.24, 2.45) is 17.3 Å². The van der Waals surface area contributed by atoms with Gasteiger partial charge in [0.25, 0.3) is 15.9 Å². The van der Waals surface area contributed by atoms with Gasteiger partial charge in [-0.2, -0.15) is 8.42 Å². The molecular weight excluding hydrogens is 611 g/mol. The Labute approximate surface area is 269 Å². The van der Waals surface area contributed by atoms with Crippen molar-refractivity contribution in [1.82, 2.24) is 24.5 Å². The largest absolute Gasteiger partial charge is 0.477 e. The molecule has 2 saturated carbocycles. The molecule has 3 fully saturated rings. The van der Waals surface area contributed by atoms with E-state index in [0.717, 1.165) is 24.5 Å². The summed E-state index contributed by atoms with van der Waals surface area (Å²) < 4.78 is 36.5. The van der Waals surface area contributed by atoms with Crippen LogP contribution >= 0.6 is 11.8 Å². The zero-order chi connectivity index (χ0) is 31.2. The number of sulfonamides is 1. The van der Waals surface area contributed by atoms with Gasteiger partial charge in [-0.05, 0) is 99.6 Å². The standard InChI is InChI=1S/C32H41N7O4S2/c1-31(2)18-22-19-38(31)29-24(30(40)37-45(41,42)28-8-5-7-25(34-28)33-21-44-20-22)9-10-26(35-29)39-16-11-27(36-39)43-17-12-23-6-3-4-13-32(23)14-15-32/h5,7-11,16,22-23H,3-4,6,12-15,17-21H2,1-2H3,(H,33,34)(H,37,40). The molecular formula is C32H41N7O4S2. The number of amides is 1. The quantitative estimate of drug-likeness (QED) is 0.378. The summed E-state index contributed by atoms with van der Waals surface area (Å²) in [7, 11) is -4.23. The normalized spacial score (nSPS) is 24.9. The first-order valence-corrected chi connectivity index (χ1v) is 18.6. The fourth-order valence-electron chi connectivity index (χ4n) is 7.53. The minimum atomic E-state index is -4.23. The highest BCUT2D eigenvalue weighted by molar-refractivity contribution is 7.99. The lowest BCUT2D eigenvalue weighted by Gasteiger charge is -2.34. The Morgan fingerprint density at radius 2 is 1.96 bits per heavy atom. The summed E-state index contributed by atoms with van der Waals surface area (Å²) in [5.41, 5.74) is 0.457. The number of nitrogens with one attached hydrogen (secondary N) is 2. The smallest absolute Gasteiger partial charge is 0.281 e. The molecule has 0 radical (unpaired) electrons. The molecule has 45 heavy (non-hydrogen) atoms. The zero-order valence-electron chi connectivity index (χ0n) is 25.9. The third kappa shape index (κ3) is 6.25. The molecule has 1 amide bonds. The molecule has 3 aromatic heterocycles. The Morgan fingerprint density at radius 3 is 2.80 bits per heavy atom. The van der Waals surface area contributed by atoms with E-state index < -0.39 is 15.9 Å². The van der Waals surface area contributed by atoms with Crippen molar-refractivity contribution in [3.63, 3.8) is 0 Å². The number of ether oxygens (including phenoxy) is 1. The average molecular weight is 652 g/mol. The summed E-state index contributed by atoms with van der Waals surface area (Å²) in [6.45, 7) is 5.60. The Bertz CT molecular complexity index is 1690. The molecule has 3 aromatic rings. The second-order valence-corrected chi connectivity index (χ2v) is 16.2. The minimum Gasteiger partial charge on any atom is -0.477 e. The molecule has 4 bridgehead atoms. The summed E-state index contributed by atoms with van der Waals surface area (Å²) in [5.74, 6) is 3.76. The van der Waals surface area contributed by atoms with Crippen LogP contribution in [0.15, 0.2) is 47.6 Å². The lowest BCUT2D eigenvalue weighted by atomic mass is 9.75. The monoisotopic (exact) mass is 651 g/mol. The van der Waals surface area contributed by atoms with Crippen molar-refractivity contribution in [3.8, 4) is 11.7 Å². The first kappa shape index (κ1) is 30.3. The van der Waals surface area contributed by atoms with Crippen LogP contribution in [-0.2, 0) is 10.0 Å². The van der Waals surface area contributed by atoms with Crippen LogP contribution in [0.25, 0.3) is 5.82 Å². The molecule has 1 spiro atoms. The Kier molecular flexibility index (Phi) is 7.95. The SMILES string of the molecule is CC1(C)CC2CSCNc3cccc(n3)S(=O)(=O)NC(=O)c3ccc(-n4ccc(OCCC5CCCCC56CC6)n4)nc3N1C2. The number of fused-ring (bicyclic) bond motifs is 6. The van der Waals surface area contributed by atoms with Crippen molar-refractivity contribution in [1.29, 1.82) is 0 Å². The van der Waals surface area contributed by atoms with E-state index in [1.54, 1.807) is 40.7 Å². The molecule has 4 aliphatic rings. The third-order valence-corrected chi connectivity index (χ3v) is 12.3. The molecule has 2 N–H and O–H groups in total. The highest BCUT2D eigenvalue weighted by Crippen LogP contribution is 2.60. The number of nitrogens with zero attached hydrogens (tertiary/aromatic N) is 5. The zero-order valence-corrected chi connectivity index (χ0v) is 27.5. The molecule has 2 atom stereocenters. The van der Waals surface area contributed by atoms with Gasteiger partial charge in [-0.3, -0.25) is 4.79 Å². The molecule has 2 aliphatic heterocycles. The summed E-state index contributed by atoms with van der Waals surface area (Å²) in [4.78, 5) is 25.0. The van der Waals surface area contributed by atoms with Gasteiger partial charge in [0.15, 0.2) is 10.8 Å². The summed E-state index contributed by atoms with van der Waals surface area (Å²) in [5, 5.41) is 7.62. The Balaban J connectivity index is 1.16. The van der Waals surface area contributed by atoms with Crippen LogP contribution in [0.2, 0.25) is 0 Å². The number of carbonyl (C=O) groups is 1. The minimum absolute atomic E-state index is 0.179. The van der Waals surface area contributed by atoms with E-state index in [4.69, 9.17) is 9.72 Å². The van der Waals surface area contributed by atoms with Crippen LogP contribution in [-0.4, -0.2) is 64.4 Å². The number of carbonyl (C=O) groups excluding carboxylic acids is 1. The van der Waals surface area contributed by atoms with Crippen molar-refractivity contribution >= 4 is 39.3 Å². The number of aromatic nitrogens is 4. The number of anilines is 2. The number of rotatable bonds is 5. The van der Waals surface area contributed by atoms with E-state index in [2.05, 4.69) is 38.9 Å². The van der Waals surface area contributed by atoms with Gasteiger partial charge in [-0.1, -0.05) is 18.9 Å². The first-order chi connectivity index (χ1) is 21.6. The van der Waals surface area contributed by atoms with Crippen molar-refractivity contribution < 1.29 is 17.9 Å². The second kappa shape index (κ2) is 11.8.